The summed E-state index contributed by atoms with van der Waals surface area (Å²) in [6.07, 6.45) is 1.70. The van der Waals surface area contributed by atoms with Crippen LogP contribution in [-0.2, 0) is 0 Å². The zero-order chi connectivity index (χ0) is 15.9. The summed E-state index contributed by atoms with van der Waals surface area (Å²) in [7, 11) is 1.64. The summed E-state index contributed by atoms with van der Waals surface area (Å²) < 4.78 is 5.11. The zero-order valence-corrected chi connectivity index (χ0v) is 13.7. The van der Waals surface area contributed by atoms with E-state index in [0.29, 0.717) is 5.11 Å². The fraction of sp³-hybridized carbons (Fsp3) is 0.176. The summed E-state index contributed by atoms with van der Waals surface area (Å²) in [6.45, 7) is 4.10. The van der Waals surface area contributed by atoms with E-state index in [1.807, 2.05) is 43.3 Å². The maximum absolute atomic E-state index is 5.23. The van der Waals surface area contributed by atoms with E-state index < -0.39 is 0 Å². The van der Waals surface area contributed by atoms with E-state index in [1.165, 1.54) is 5.56 Å². The van der Waals surface area contributed by atoms with Crippen LogP contribution in [0.15, 0.2) is 47.6 Å². The minimum absolute atomic E-state index is 0.455. The molecule has 0 aliphatic heterocycles. The molecule has 0 bridgehead atoms. The minimum Gasteiger partial charge on any atom is -0.497 e. The number of anilines is 1. The van der Waals surface area contributed by atoms with Crippen molar-refractivity contribution >= 4 is 29.2 Å². The molecule has 0 heterocycles. The Morgan fingerprint density at radius 1 is 1.14 bits per heavy atom. The first-order valence-corrected chi connectivity index (χ1v) is 7.30. The number of hydrogen-bond donors (Lipinski definition) is 2. The van der Waals surface area contributed by atoms with Crippen molar-refractivity contribution in [2.45, 2.75) is 13.8 Å². The highest BCUT2D eigenvalue weighted by Gasteiger charge is 2.00. The lowest BCUT2D eigenvalue weighted by Gasteiger charge is -2.10. The Morgan fingerprint density at radius 2 is 1.86 bits per heavy atom. The van der Waals surface area contributed by atoms with Crippen molar-refractivity contribution in [2.24, 2.45) is 5.10 Å². The van der Waals surface area contributed by atoms with Crippen LogP contribution >= 0.6 is 12.2 Å². The van der Waals surface area contributed by atoms with E-state index in [1.54, 1.807) is 13.3 Å². The van der Waals surface area contributed by atoms with Crippen LogP contribution in [0, 0.1) is 13.8 Å². The molecule has 5 heteroatoms. The molecular formula is C17H19N3OS. The van der Waals surface area contributed by atoms with Gasteiger partial charge in [0, 0.05) is 5.69 Å². The Bertz CT molecular complexity index is 681. The molecule has 0 saturated carbocycles. The van der Waals surface area contributed by atoms with E-state index >= 15 is 0 Å². The Hall–Kier alpha value is -2.40. The van der Waals surface area contributed by atoms with Crippen molar-refractivity contribution in [2.75, 3.05) is 12.4 Å². The van der Waals surface area contributed by atoms with Crippen LogP contribution in [0.4, 0.5) is 5.69 Å². The van der Waals surface area contributed by atoms with Gasteiger partial charge in [0.15, 0.2) is 5.11 Å². The molecule has 0 amide bonds. The SMILES string of the molecule is COc1ccc(/C=N/NC(=S)Nc2ccc(C)cc2C)cc1. The number of rotatable bonds is 4. The number of methoxy groups -OCH3 is 1. The number of aryl methyl sites for hydroxylation is 2. The lowest BCUT2D eigenvalue weighted by Crippen LogP contribution is -2.24. The number of benzene rings is 2. The first kappa shape index (κ1) is 16.0. The highest BCUT2D eigenvalue weighted by atomic mass is 32.1. The normalized spacial score (nSPS) is 10.5. The largest absolute Gasteiger partial charge is 0.497 e. The average molecular weight is 313 g/mol. The second kappa shape index (κ2) is 7.56. The summed E-state index contributed by atoms with van der Waals surface area (Å²) in [6, 6.07) is 13.8. The van der Waals surface area contributed by atoms with Gasteiger partial charge >= 0.3 is 0 Å². The lowest BCUT2D eigenvalue weighted by molar-refractivity contribution is 0.415. The summed E-state index contributed by atoms with van der Waals surface area (Å²) in [5.74, 6) is 0.817. The van der Waals surface area contributed by atoms with Gasteiger partial charge < -0.3 is 10.1 Å². The molecule has 0 unspecified atom stereocenters. The van der Waals surface area contributed by atoms with Crippen LogP contribution in [0.25, 0.3) is 0 Å². The van der Waals surface area contributed by atoms with Gasteiger partial charge in [-0.05, 0) is 67.5 Å². The van der Waals surface area contributed by atoms with Crippen LogP contribution in [-0.4, -0.2) is 18.4 Å². The second-order valence-corrected chi connectivity index (χ2v) is 5.32. The average Bonchev–Trinajstić information content (AvgIpc) is 2.51. The predicted octanol–water partition coefficient (Wildman–Crippen LogP) is 3.63. The van der Waals surface area contributed by atoms with Gasteiger partial charge in [0.1, 0.15) is 5.75 Å². The van der Waals surface area contributed by atoms with Crippen LogP contribution in [0.3, 0.4) is 0 Å². The van der Waals surface area contributed by atoms with Gasteiger partial charge in [0.2, 0.25) is 0 Å². The lowest BCUT2D eigenvalue weighted by atomic mass is 10.1. The van der Waals surface area contributed by atoms with Crippen molar-refractivity contribution in [1.29, 1.82) is 0 Å². The van der Waals surface area contributed by atoms with Gasteiger partial charge in [-0.1, -0.05) is 17.7 Å². The molecule has 2 aromatic carbocycles. The number of hydrogen-bond acceptors (Lipinski definition) is 3. The van der Waals surface area contributed by atoms with Crippen molar-refractivity contribution in [1.82, 2.24) is 5.43 Å². The maximum Gasteiger partial charge on any atom is 0.191 e. The van der Waals surface area contributed by atoms with Crippen LogP contribution in [0.2, 0.25) is 0 Å². The predicted molar refractivity (Wildman–Crippen MR) is 95.9 cm³/mol. The van der Waals surface area contributed by atoms with Gasteiger partial charge in [-0.3, -0.25) is 5.43 Å². The van der Waals surface area contributed by atoms with Crippen molar-refractivity contribution in [3.63, 3.8) is 0 Å². The fourth-order valence-corrected chi connectivity index (χ4v) is 2.12. The Labute approximate surface area is 136 Å². The zero-order valence-electron chi connectivity index (χ0n) is 12.9. The fourth-order valence-electron chi connectivity index (χ4n) is 1.96. The molecule has 0 spiro atoms. The second-order valence-electron chi connectivity index (χ2n) is 4.92. The Morgan fingerprint density at radius 3 is 2.50 bits per heavy atom. The molecule has 0 fully saturated rings. The summed E-state index contributed by atoms with van der Waals surface area (Å²) in [4.78, 5) is 0. The molecule has 0 aromatic heterocycles. The third kappa shape index (κ3) is 4.56. The molecule has 2 rings (SSSR count). The first-order valence-electron chi connectivity index (χ1n) is 6.90. The third-order valence-electron chi connectivity index (χ3n) is 3.13. The van der Waals surface area contributed by atoms with Crippen molar-refractivity contribution in [3.8, 4) is 5.75 Å². The summed E-state index contributed by atoms with van der Waals surface area (Å²) >= 11 is 5.23. The first-order chi connectivity index (χ1) is 10.6. The molecule has 0 atom stereocenters. The van der Waals surface area contributed by atoms with Gasteiger partial charge in [-0.15, -0.1) is 0 Å². The molecular weight excluding hydrogens is 294 g/mol. The topological polar surface area (TPSA) is 45.6 Å². The number of thiocarbonyl (C=S) groups is 1. The molecule has 114 valence electrons. The third-order valence-corrected chi connectivity index (χ3v) is 3.32. The van der Waals surface area contributed by atoms with Gasteiger partial charge in [-0.25, -0.2) is 0 Å². The number of hydrazone groups is 1. The molecule has 0 radical (unpaired) electrons. The quantitative estimate of drug-likeness (QED) is 0.514. The molecule has 4 nitrogen and oxygen atoms in total. The molecule has 0 aliphatic rings. The molecule has 0 aliphatic carbocycles. The van der Waals surface area contributed by atoms with Gasteiger partial charge in [0.05, 0.1) is 13.3 Å². The van der Waals surface area contributed by atoms with Crippen molar-refractivity contribution < 1.29 is 4.74 Å². The highest BCUT2D eigenvalue weighted by molar-refractivity contribution is 7.80. The monoisotopic (exact) mass is 313 g/mol. The van der Waals surface area contributed by atoms with Crippen LogP contribution in [0.1, 0.15) is 16.7 Å². The molecule has 2 aromatic rings. The number of nitrogens with zero attached hydrogens (tertiary/aromatic N) is 1. The number of ether oxygens (including phenoxy) is 1. The van der Waals surface area contributed by atoms with Crippen LogP contribution in [0.5, 0.6) is 5.75 Å². The Balaban J connectivity index is 1.90. The van der Waals surface area contributed by atoms with E-state index in [0.717, 1.165) is 22.6 Å². The molecule has 0 saturated heterocycles. The van der Waals surface area contributed by atoms with E-state index in [9.17, 15) is 0 Å². The van der Waals surface area contributed by atoms with E-state index in [4.69, 9.17) is 17.0 Å². The van der Waals surface area contributed by atoms with Crippen LogP contribution < -0.4 is 15.5 Å². The minimum atomic E-state index is 0.455. The Kier molecular flexibility index (Phi) is 5.49. The smallest absolute Gasteiger partial charge is 0.191 e. The van der Waals surface area contributed by atoms with E-state index in [2.05, 4.69) is 28.8 Å². The summed E-state index contributed by atoms with van der Waals surface area (Å²) in [5.41, 5.74) is 7.11. The summed E-state index contributed by atoms with van der Waals surface area (Å²) in [5, 5.41) is 7.70. The maximum atomic E-state index is 5.23. The van der Waals surface area contributed by atoms with Crippen molar-refractivity contribution in [3.05, 3.63) is 59.2 Å². The highest BCUT2D eigenvalue weighted by Crippen LogP contribution is 2.15. The van der Waals surface area contributed by atoms with E-state index in [-0.39, 0.29) is 0 Å². The molecule has 2 N–H and O–H groups in total. The van der Waals surface area contributed by atoms with Gasteiger partial charge in [0.25, 0.3) is 0 Å². The standard InChI is InChI=1S/C17H19N3OS/c1-12-4-9-16(13(2)10-12)19-17(22)20-18-11-14-5-7-15(21-3)8-6-14/h4-11H,1-3H3,(H2,19,20,22)/b18-11+. The molecule has 22 heavy (non-hydrogen) atoms. The van der Waals surface area contributed by atoms with Gasteiger partial charge in [-0.2, -0.15) is 5.10 Å². The number of nitrogens with one attached hydrogen (secondary N) is 2.